The molecule has 5 heteroatoms. The maximum Gasteiger partial charge on any atom is 0.305 e. The van der Waals surface area contributed by atoms with Crippen LogP contribution in [0.5, 0.6) is 0 Å². The van der Waals surface area contributed by atoms with Crippen molar-refractivity contribution < 1.29 is 9.53 Å². The highest BCUT2D eigenvalue weighted by molar-refractivity contribution is 5.85. The van der Waals surface area contributed by atoms with Crippen LogP contribution in [0.4, 0.5) is 0 Å². The van der Waals surface area contributed by atoms with Crippen molar-refractivity contribution in [3.8, 4) is 0 Å². The number of rotatable bonds is 7. The molecule has 0 atom stereocenters. The number of halogens is 1. The number of piperazine rings is 1. The van der Waals surface area contributed by atoms with Crippen LogP contribution in [0.25, 0.3) is 0 Å². The molecular formula is C12H25ClN2O2. The number of nitrogens with zero attached hydrogens (tertiary/aromatic N) is 1. The van der Waals surface area contributed by atoms with Gasteiger partial charge < -0.3 is 15.0 Å². The highest BCUT2D eigenvalue weighted by Crippen LogP contribution is 2.03. The third-order valence-corrected chi connectivity index (χ3v) is 2.87. The Balaban J connectivity index is 0.00000256. The van der Waals surface area contributed by atoms with Crippen LogP contribution < -0.4 is 5.32 Å². The average Bonchev–Trinajstić information content (AvgIpc) is 2.30. The second-order valence-electron chi connectivity index (χ2n) is 4.21. The molecule has 1 fully saturated rings. The van der Waals surface area contributed by atoms with E-state index in [0.717, 1.165) is 39.0 Å². The van der Waals surface area contributed by atoms with E-state index in [-0.39, 0.29) is 18.4 Å². The summed E-state index contributed by atoms with van der Waals surface area (Å²) in [6.07, 6.45) is 3.86. The Morgan fingerprint density at radius 1 is 1.24 bits per heavy atom. The molecule has 1 saturated heterocycles. The summed E-state index contributed by atoms with van der Waals surface area (Å²) >= 11 is 0. The fourth-order valence-electron chi connectivity index (χ4n) is 1.95. The molecule has 0 radical (unpaired) electrons. The van der Waals surface area contributed by atoms with Crippen molar-refractivity contribution in [1.29, 1.82) is 0 Å². The standard InChI is InChI=1S/C12H24N2O2.ClH/c1-2-16-12(15)6-4-3-5-9-14-10-7-13-8-11-14;/h13H,2-11H2,1H3;1H. The number of ether oxygens (including phenoxy) is 1. The first kappa shape index (κ1) is 16.7. The van der Waals surface area contributed by atoms with Crippen molar-refractivity contribution in [1.82, 2.24) is 10.2 Å². The molecule has 0 aliphatic carbocycles. The first-order valence-corrected chi connectivity index (χ1v) is 6.41. The number of hydrogen-bond donors (Lipinski definition) is 1. The Bertz CT molecular complexity index is 197. The van der Waals surface area contributed by atoms with Gasteiger partial charge >= 0.3 is 5.97 Å². The summed E-state index contributed by atoms with van der Waals surface area (Å²) in [4.78, 5) is 13.6. The van der Waals surface area contributed by atoms with E-state index in [9.17, 15) is 4.79 Å². The number of carbonyl (C=O) groups excluding carboxylic acids is 1. The Morgan fingerprint density at radius 3 is 2.59 bits per heavy atom. The largest absolute Gasteiger partial charge is 0.466 e. The second kappa shape index (κ2) is 10.8. The molecule has 0 spiro atoms. The smallest absolute Gasteiger partial charge is 0.305 e. The van der Waals surface area contributed by atoms with Crippen molar-refractivity contribution in [2.24, 2.45) is 0 Å². The Morgan fingerprint density at radius 2 is 1.94 bits per heavy atom. The third kappa shape index (κ3) is 8.41. The predicted molar refractivity (Wildman–Crippen MR) is 71.7 cm³/mol. The van der Waals surface area contributed by atoms with Crippen LogP contribution in [0.2, 0.25) is 0 Å². The van der Waals surface area contributed by atoms with Gasteiger partial charge in [0.05, 0.1) is 6.61 Å². The zero-order chi connectivity index (χ0) is 11.6. The van der Waals surface area contributed by atoms with Crippen LogP contribution >= 0.6 is 12.4 Å². The summed E-state index contributed by atoms with van der Waals surface area (Å²) in [5.74, 6) is -0.0512. The highest BCUT2D eigenvalue weighted by Gasteiger charge is 2.08. The fourth-order valence-corrected chi connectivity index (χ4v) is 1.95. The van der Waals surface area contributed by atoms with E-state index in [1.54, 1.807) is 0 Å². The molecule has 1 aliphatic rings. The second-order valence-corrected chi connectivity index (χ2v) is 4.21. The lowest BCUT2D eigenvalue weighted by Gasteiger charge is -2.26. The van der Waals surface area contributed by atoms with Crippen molar-refractivity contribution in [3.05, 3.63) is 0 Å². The van der Waals surface area contributed by atoms with E-state index in [1.165, 1.54) is 13.0 Å². The lowest BCUT2D eigenvalue weighted by Crippen LogP contribution is -2.43. The predicted octanol–water partition coefficient (Wildman–Crippen LogP) is 1.44. The lowest BCUT2D eigenvalue weighted by molar-refractivity contribution is -0.143. The van der Waals surface area contributed by atoms with Gasteiger partial charge in [-0.25, -0.2) is 0 Å². The molecule has 4 nitrogen and oxygen atoms in total. The zero-order valence-electron chi connectivity index (χ0n) is 10.7. The van der Waals surface area contributed by atoms with Crippen LogP contribution in [0.1, 0.15) is 32.6 Å². The van der Waals surface area contributed by atoms with Gasteiger partial charge in [0.25, 0.3) is 0 Å². The SMILES string of the molecule is CCOC(=O)CCCCCN1CCNCC1.Cl. The Hall–Kier alpha value is -0.320. The van der Waals surface area contributed by atoms with Crippen molar-refractivity contribution in [2.45, 2.75) is 32.6 Å². The Kier molecular flexibility index (Phi) is 10.6. The summed E-state index contributed by atoms with van der Waals surface area (Å²) in [5, 5.41) is 3.34. The maximum absolute atomic E-state index is 11.1. The first-order chi connectivity index (χ1) is 7.83. The quantitative estimate of drug-likeness (QED) is 0.558. The average molecular weight is 265 g/mol. The summed E-state index contributed by atoms with van der Waals surface area (Å²) in [6, 6.07) is 0. The third-order valence-electron chi connectivity index (χ3n) is 2.87. The first-order valence-electron chi connectivity index (χ1n) is 6.41. The van der Waals surface area contributed by atoms with Gasteiger partial charge in [-0.3, -0.25) is 4.79 Å². The molecule has 0 aromatic carbocycles. The van der Waals surface area contributed by atoms with Gasteiger partial charge in [0.2, 0.25) is 0 Å². The van der Waals surface area contributed by atoms with Gasteiger partial charge in [0.1, 0.15) is 0 Å². The zero-order valence-corrected chi connectivity index (χ0v) is 11.6. The maximum atomic E-state index is 11.1. The van der Waals surface area contributed by atoms with Crippen LogP contribution in [-0.4, -0.2) is 50.2 Å². The minimum Gasteiger partial charge on any atom is -0.466 e. The fraction of sp³-hybridized carbons (Fsp3) is 0.917. The van der Waals surface area contributed by atoms with Gasteiger partial charge in [-0.1, -0.05) is 6.42 Å². The monoisotopic (exact) mass is 264 g/mol. The number of unbranched alkanes of at least 4 members (excludes halogenated alkanes) is 2. The Labute approximate surface area is 110 Å². The molecule has 0 unspecified atom stereocenters. The highest BCUT2D eigenvalue weighted by atomic mass is 35.5. The molecule has 17 heavy (non-hydrogen) atoms. The van der Waals surface area contributed by atoms with E-state index >= 15 is 0 Å². The number of nitrogens with one attached hydrogen (secondary N) is 1. The number of hydrogen-bond acceptors (Lipinski definition) is 4. The van der Waals surface area contributed by atoms with Gasteiger partial charge in [0, 0.05) is 32.6 Å². The molecule has 1 N–H and O–H groups in total. The van der Waals surface area contributed by atoms with Gasteiger partial charge in [0.15, 0.2) is 0 Å². The van der Waals surface area contributed by atoms with Crippen LogP contribution in [-0.2, 0) is 9.53 Å². The molecule has 1 heterocycles. The van der Waals surface area contributed by atoms with Crippen molar-refractivity contribution >= 4 is 18.4 Å². The molecule has 0 saturated carbocycles. The summed E-state index contributed by atoms with van der Waals surface area (Å²) in [5.41, 5.74) is 0. The minimum atomic E-state index is -0.0512. The van der Waals surface area contributed by atoms with Crippen molar-refractivity contribution in [3.63, 3.8) is 0 Å². The van der Waals surface area contributed by atoms with E-state index in [4.69, 9.17) is 4.74 Å². The van der Waals surface area contributed by atoms with Crippen LogP contribution in [0.3, 0.4) is 0 Å². The molecule has 0 bridgehead atoms. The topological polar surface area (TPSA) is 41.6 Å². The molecule has 102 valence electrons. The normalized spacial score (nSPS) is 16.3. The van der Waals surface area contributed by atoms with E-state index in [1.807, 2.05) is 6.92 Å². The lowest BCUT2D eigenvalue weighted by atomic mass is 10.2. The summed E-state index contributed by atoms with van der Waals surface area (Å²) in [6.45, 7) is 8.08. The summed E-state index contributed by atoms with van der Waals surface area (Å²) in [7, 11) is 0. The van der Waals surface area contributed by atoms with Crippen LogP contribution in [0.15, 0.2) is 0 Å². The van der Waals surface area contributed by atoms with Crippen molar-refractivity contribution in [2.75, 3.05) is 39.3 Å². The number of esters is 1. The molecule has 0 aromatic rings. The van der Waals surface area contributed by atoms with Gasteiger partial charge in [-0.15, -0.1) is 12.4 Å². The van der Waals surface area contributed by atoms with E-state index in [0.29, 0.717) is 13.0 Å². The number of carbonyl (C=O) groups is 1. The molecule has 0 amide bonds. The van der Waals surface area contributed by atoms with E-state index < -0.39 is 0 Å². The molecule has 0 aromatic heterocycles. The van der Waals surface area contributed by atoms with Crippen LogP contribution in [0, 0.1) is 0 Å². The molecule has 1 aliphatic heterocycles. The molecular weight excluding hydrogens is 240 g/mol. The minimum absolute atomic E-state index is 0. The summed E-state index contributed by atoms with van der Waals surface area (Å²) < 4.78 is 4.88. The van der Waals surface area contributed by atoms with Gasteiger partial charge in [-0.2, -0.15) is 0 Å². The molecule has 1 rings (SSSR count). The van der Waals surface area contributed by atoms with E-state index in [2.05, 4.69) is 10.2 Å². The van der Waals surface area contributed by atoms with Gasteiger partial charge in [-0.05, 0) is 26.3 Å².